The number of amides is 2. The molecule has 0 spiro atoms. The summed E-state index contributed by atoms with van der Waals surface area (Å²) in [5.41, 5.74) is -0.551. The van der Waals surface area contributed by atoms with E-state index in [1.807, 2.05) is 0 Å². The largest absolute Gasteiger partial charge is 0.478 e. The molecular weight excluding hydrogens is 262 g/mol. The molecule has 2 rings (SSSR count). The lowest BCUT2D eigenvalue weighted by atomic mass is 9.95. The highest BCUT2D eigenvalue weighted by molar-refractivity contribution is 5.92. The van der Waals surface area contributed by atoms with Crippen LogP contribution in [0, 0.1) is 0 Å². The van der Waals surface area contributed by atoms with E-state index in [0.29, 0.717) is 18.7 Å². The van der Waals surface area contributed by atoms with E-state index in [4.69, 9.17) is 5.11 Å². The maximum absolute atomic E-state index is 12.1. The molecule has 2 heterocycles. The Labute approximate surface area is 116 Å². The number of rotatable bonds is 2. The van der Waals surface area contributed by atoms with Crippen molar-refractivity contribution in [2.45, 2.75) is 25.4 Å². The van der Waals surface area contributed by atoms with Gasteiger partial charge in [-0.2, -0.15) is 0 Å². The number of nitrogens with one attached hydrogen (secondary N) is 1. The van der Waals surface area contributed by atoms with Gasteiger partial charge in [-0.05, 0) is 25.8 Å². The van der Waals surface area contributed by atoms with E-state index in [0.717, 1.165) is 6.42 Å². The third-order valence-electron chi connectivity index (χ3n) is 3.20. The third-order valence-corrected chi connectivity index (χ3v) is 3.20. The predicted octanol–water partition coefficient (Wildman–Crippen LogP) is 1.16. The number of nitrogens with zero attached hydrogens (tertiary/aromatic N) is 2. The van der Waals surface area contributed by atoms with Crippen LogP contribution in [0.3, 0.4) is 0 Å². The average molecular weight is 279 g/mol. The average Bonchev–Trinajstić information content (AvgIpc) is 2.37. The molecule has 3 N–H and O–H groups in total. The molecule has 108 valence electrons. The quantitative estimate of drug-likeness (QED) is 0.753. The van der Waals surface area contributed by atoms with Crippen molar-refractivity contribution in [1.82, 2.24) is 9.88 Å². The maximum atomic E-state index is 12.1. The molecule has 1 atom stereocenters. The lowest BCUT2D eigenvalue weighted by Gasteiger charge is -2.36. The number of piperidine rings is 1. The van der Waals surface area contributed by atoms with Crippen LogP contribution >= 0.6 is 0 Å². The highest BCUT2D eigenvalue weighted by Crippen LogP contribution is 2.21. The number of carbonyl (C=O) groups is 2. The molecule has 0 saturated carbocycles. The Morgan fingerprint density at radius 2 is 2.20 bits per heavy atom. The second-order valence-electron chi connectivity index (χ2n) is 5.22. The molecule has 0 aromatic carbocycles. The van der Waals surface area contributed by atoms with Gasteiger partial charge in [-0.1, -0.05) is 0 Å². The van der Waals surface area contributed by atoms with Gasteiger partial charge in [0.15, 0.2) is 0 Å². The summed E-state index contributed by atoms with van der Waals surface area (Å²) in [7, 11) is 0. The smallest absolute Gasteiger partial charge is 0.337 e. The molecule has 1 aromatic heterocycles. The van der Waals surface area contributed by atoms with Crippen molar-refractivity contribution < 1.29 is 19.8 Å². The SMILES string of the molecule is CC1(O)CCCN(C(=O)Nc2cncc(C(=O)O)c2)C1. The summed E-state index contributed by atoms with van der Waals surface area (Å²) >= 11 is 0. The number of carbonyl (C=O) groups excluding carboxylic acids is 1. The number of carboxylic acid groups (broad SMARTS) is 1. The molecule has 1 aliphatic rings. The number of aromatic nitrogens is 1. The summed E-state index contributed by atoms with van der Waals surface area (Å²) in [6.07, 6.45) is 3.98. The van der Waals surface area contributed by atoms with Crippen LogP contribution in [-0.4, -0.2) is 50.8 Å². The number of likely N-dealkylation sites (tertiary alicyclic amines) is 1. The molecule has 1 aromatic rings. The minimum Gasteiger partial charge on any atom is -0.478 e. The Kier molecular flexibility index (Phi) is 3.89. The molecule has 0 aliphatic carbocycles. The summed E-state index contributed by atoms with van der Waals surface area (Å²) in [5.74, 6) is -1.10. The number of urea groups is 1. The first-order valence-corrected chi connectivity index (χ1v) is 6.34. The summed E-state index contributed by atoms with van der Waals surface area (Å²) in [6.45, 7) is 2.51. The van der Waals surface area contributed by atoms with E-state index < -0.39 is 11.6 Å². The fourth-order valence-corrected chi connectivity index (χ4v) is 2.22. The first-order valence-electron chi connectivity index (χ1n) is 6.34. The van der Waals surface area contributed by atoms with Crippen molar-refractivity contribution in [3.8, 4) is 0 Å². The van der Waals surface area contributed by atoms with Crippen molar-refractivity contribution in [3.63, 3.8) is 0 Å². The van der Waals surface area contributed by atoms with Crippen molar-refractivity contribution in [2.24, 2.45) is 0 Å². The van der Waals surface area contributed by atoms with Gasteiger partial charge in [-0.3, -0.25) is 4.98 Å². The summed E-state index contributed by atoms with van der Waals surface area (Å²) in [6, 6.07) is 0.976. The highest BCUT2D eigenvalue weighted by atomic mass is 16.4. The number of aliphatic hydroxyl groups is 1. The molecule has 7 heteroatoms. The zero-order chi connectivity index (χ0) is 14.8. The van der Waals surface area contributed by atoms with Gasteiger partial charge in [0.1, 0.15) is 0 Å². The van der Waals surface area contributed by atoms with Crippen LogP contribution in [0.4, 0.5) is 10.5 Å². The predicted molar refractivity (Wildman–Crippen MR) is 71.6 cm³/mol. The molecule has 1 aliphatic heterocycles. The number of hydrogen-bond acceptors (Lipinski definition) is 4. The Bertz CT molecular complexity index is 530. The van der Waals surface area contributed by atoms with E-state index in [9.17, 15) is 14.7 Å². The van der Waals surface area contributed by atoms with Gasteiger partial charge < -0.3 is 20.4 Å². The fraction of sp³-hybridized carbons (Fsp3) is 0.462. The number of carboxylic acids is 1. The van der Waals surface area contributed by atoms with Crippen molar-refractivity contribution in [2.75, 3.05) is 18.4 Å². The van der Waals surface area contributed by atoms with Gasteiger partial charge >= 0.3 is 12.0 Å². The van der Waals surface area contributed by atoms with Gasteiger partial charge in [0.2, 0.25) is 0 Å². The molecule has 0 radical (unpaired) electrons. The number of pyridine rings is 1. The topological polar surface area (TPSA) is 103 Å². The van der Waals surface area contributed by atoms with Crippen LogP contribution in [0.2, 0.25) is 0 Å². The van der Waals surface area contributed by atoms with E-state index >= 15 is 0 Å². The molecular formula is C13H17N3O4. The molecule has 1 saturated heterocycles. The number of anilines is 1. The van der Waals surface area contributed by atoms with Crippen molar-refractivity contribution in [1.29, 1.82) is 0 Å². The van der Waals surface area contributed by atoms with Gasteiger partial charge in [0, 0.05) is 12.7 Å². The second-order valence-corrected chi connectivity index (χ2v) is 5.22. The third kappa shape index (κ3) is 3.45. The maximum Gasteiger partial charge on any atom is 0.337 e. The standard InChI is InChI=1S/C13H17N3O4/c1-13(20)3-2-4-16(8-13)12(19)15-10-5-9(11(17)18)6-14-7-10/h5-7,20H,2-4,8H2,1H3,(H,15,19)(H,17,18). The van der Waals surface area contributed by atoms with Gasteiger partial charge in [0.05, 0.1) is 29.6 Å². The van der Waals surface area contributed by atoms with Crippen molar-refractivity contribution in [3.05, 3.63) is 24.0 Å². The van der Waals surface area contributed by atoms with E-state index in [1.165, 1.54) is 23.4 Å². The van der Waals surface area contributed by atoms with Crippen LogP contribution < -0.4 is 5.32 Å². The molecule has 7 nitrogen and oxygen atoms in total. The number of aromatic carboxylic acids is 1. The highest BCUT2D eigenvalue weighted by Gasteiger charge is 2.30. The lowest BCUT2D eigenvalue weighted by molar-refractivity contribution is -0.000637. The van der Waals surface area contributed by atoms with Crippen LogP contribution in [0.5, 0.6) is 0 Å². The second kappa shape index (κ2) is 5.46. The van der Waals surface area contributed by atoms with Gasteiger partial charge in [0.25, 0.3) is 0 Å². The first-order chi connectivity index (χ1) is 9.37. The zero-order valence-electron chi connectivity index (χ0n) is 11.2. The Morgan fingerprint density at radius 1 is 1.45 bits per heavy atom. The molecule has 1 unspecified atom stereocenters. The fourth-order valence-electron chi connectivity index (χ4n) is 2.22. The first kappa shape index (κ1) is 14.3. The van der Waals surface area contributed by atoms with Gasteiger partial charge in [-0.15, -0.1) is 0 Å². The van der Waals surface area contributed by atoms with Crippen LogP contribution in [0.15, 0.2) is 18.5 Å². The summed E-state index contributed by atoms with van der Waals surface area (Å²) in [4.78, 5) is 28.2. The van der Waals surface area contributed by atoms with E-state index in [1.54, 1.807) is 6.92 Å². The normalized spacial score (nSPS) is 22.4. The minimum absolute atomic E-state index is 0.00782. The van der Waals surface area contributed by atoms with Crippen LogP contribution in [0.1, 0.15) is 30.1 Å². The molecule has 1 fully saturated rings. The number of β-amino-alcohol motifs (C(OH)–C–C–N with tert-alkyl or cyclic N) is 1. The summed E-state index contributed by atoms with van der Waals surface area (Å²) < 4.78 is 0. The zero-order valence-corrected chi connectivity index (χ0v) is 11.2. The molecule has 0 bridgehead atoms. The molecule has 2 amide bonds. The summed E-state index contributed by atoms with van der Waals surface area (Å²) in [5, 5.41) is 21.4. The Morgan fingerprint density at radius 3 is 2.85 bits per heavy atom. The molecule has 20 heavy (non-hydrogen) atoms. The minimum atomic E-state index is -1.10. The number of hydrogen-bond donors (Lipinski definition) is 3. The lowest BCUT2D eigenvalue weighted by Crippen LogP contribution is -2.49. The van der Waals surface area contributed by atoms with Crippen molar-refractivity contribution >= 4 is 17.7 Å². The van der Waals surface area contributed by atoms with E-state index in [-0.39, 0.29) is 18.1 Å². The van der Waals surface area contributed by atoms with Crippen LogP contribution in [-0.2, 0) is 0 Å². The van der Waals surface area contributed by atoms with E-state index in [2.05, 4.69) is 10.3 Å². The van der Waals surface area contributed by atoms with Crippen LogP contribution in [0.25, 0.3) is 0 Å². The van der Waals surface area contributed by atoms with Gasteiger partial charge in [-0.25, -0.2) is 9.59 Å². The monoisotopic (exact) mass is 279 g/mol. The Balaban J connectivity index is 2.04. The Hall–Kier alpha value is -2.15.